The summed E-state index contributed by atoms with van der Waals surface area (Å²) in [7, 11) is 1.47. The highest BCUT2D eigenvalue weighted by atomic mass is 32.2. The molecule has 4 rings (SSSR count). The van der Waals surface area contributed by atoms with Gasteiger partial charge in [-0.05, 0) is 48.6 Å². The van der Waals surface area contributed by atoms with Gasteiger partial charge < -0.3 is 4.74 Å². The molecule has 0 saturated heterocycles. The molecule has 0 radical (unpaired) electrons. The normalized spacial score (nSPS) is 19.3. The van der Waals surface area contributed by atoms with Crippen LogP contribution in [0, 0.1) is 11.7 Å². The van der Waals surface area contributed by atoms with E-state index in [9.17, 15) is 4.39 Å². The Kier molecular flexibility index (Phi) is 6.13. The Labute approximate surface area is 174 Å². The van der Waals surface area contributed by atoms with E-state index in [1.807, 2.05) is 24.4 Å². The summed E-state index contributed by atoms with van der Waals surface area (Å²) < 4.78 is 21.3. The number of methoxy groups -OCH3 is 1. The molecular formula is C22H25FN4OS. The molecule has 0 aliphatic heterocycles. The summed E-state index contributed by atoms with van der Waals surface area (Å²) in [4.78, 5) is 4.25. The summed E-state index contributed by atoms with van der Waals surface area (Å²) in [6.45, 7) is 2.31. The number of hydrogen-bond acceptors (Lipinski definition) is 5. The van der Waals surface area contributed by atoms with Crippen LogP contribution in [0.2, 0.25) is 0 Å². The Hall–Kier alpha value is -2.41. The van der Waals surface area contributed by atoms with Crippen molar-refractivity contribution in [3.8, 4) is 17.1 Å². The second-order valence-corrected chi connectivity index (χ2v) is 8.45. The zero-order valence-corrected chi connectivity index (χ0v) is 17.5. The van der Waals surface area contributed by atoms with Crippen molar-refractivity contribution in [3.63, 3.8) is 0 Å². The average Bonchev–Trinajstić information content (AvgIpc) is 3.17. The lowest BCUT2D eigenvalue weighted by Crippen LogP contribution is -2.22. The van der Waals surface area contributed by atoms with Gasteiger partial charge in [0.2, 0.25) is 0 Å². The topological polar surface area (TPSA) is 52.8 Å². The van der Waals surface area contributed by atoms with E-state index in [1.165, 1.54) is 32.4 Å². The number of ether oxygens (including phenoxy) is 1. The molecule has 1 saturated carbocycles. The fraction of sp³-hybridized carbons (Fsp3) is 0.409. The minimum Gasteiger partial charge on any atom is -0.494 e. The molecule has 0 amide bonds. The van der Waals surface area contributed by atoms with Crippen LogP contribution in [0.4, 0.5) is 4.39 Å². The van der Waals surface area contributed by atoms with E-state index in [0.717, 1.165) is 28.5 Å². The van der Waals surface area contributed by atoms with Gasteiger partial charge in [-0.2, -0.15) is 0 Å². The van der Waals surface area contributed by atoms with Crippen LogP contribution < -0.4 is 4.74 Å². The third-order valence-corrected chi connectivity index (χ3v) is 6.58. The number of hydrogen-bond donors (Lipinski definition) is 0. The Balaban J connectivity index is 1.64. The van der Waals surface area contributed by atoms with Gasteiger partial charge in [0, 0.05) is 29.8 Å². The van der Waals surface area contributed by atoms with E-state index in [-0.39, 0.29) is 11.6 Å². The molecule has 1 aromatic carbocycles. The van der Waals surface area contributed by atoms with Gasteiger partial charge >= 0.3 is 0 Å². The first-order chi connectivity index (χ1) is 14.2. The molecule has 1 aliphatic carbocycles. The molecule has 3 aromatic rings. The maximum absolute atomic E-state index is 14.0. The van der Waals surface area contributed by atoms with Crippen LogP contribution in [0.25, 0.3) is 11.4 Å². The quantitative estimate of drug-likeness (QED) is 0.498. The Morgan fingerprint density at radius 2 is 2.07 bits per heavy atom. The van der Waals surface area contributed by atoms with E-state index in [4.69, 9.17) is 4.74 Å². The van der Waals surface area contributed by atoms with E-state index >= 15 is 0 Å². The first-order valence-electron chi connectivity index (χ1n) is 9.98. The summed E-state index contributed by atoms with van der Waals surface area (Å²) in [6.07, 6.45) is 8.42. The molecule has 29 heavy (non-hydrogen) atoms. The van der Waals surface area contributed by atoms with Gasteiger partial charge in [-0.15, -0.1) is 10.2 Å². The van der Waals surface area contributed by atoms with Crippen molar-refractivity contribution in [3.05, 3.63) is 54.1 Å². The second kappa shape index (κ2) is 8.95. The molecule has 0 spiro atoms. The molecule has 0 bridgehead atoms. The number of thioether (sulfide) groups is 1. The predicted molar refractivity (Wildman–Crippen MR) is 112 cm³/mol. The first kappa shape index (κ1) is 19.9. The van der Waals surface area contributed by atoms with Crippen molar-refractivity contribution in [2.24, 2.45) is 5.92 Å². The highest BCUT2D eigenvalue weighted by Gasteiger charge is 2.28. The van der Waals surface area contributed by atoms with Gasteiger partial charge in [0.15, 0.2) is 22.5 Å². The number of rotatable bonds is 6. The molecule has 152 valence electrons. The average molecular weight is 413 g/mol. The molecule has 2 heterocycles. The Bertz CT molecular complexity index is 963. The van der Waals surface area contributed by atoms with Gasteiger partial charge in [-0.25, -0.2) is 4.39 Å². The highest BCUT2D eigenvalue weighted by molar-refractivity contribution is 7.98. The Morgan fingerprint density at radius 3 is 2.79 bits per heavy atom. The zero-order valence-electron chi connectivity index (χ0n) is 16.7. The largest absolute Gasteiger partial charge is 0.494 e. The van der Waals surface area contributed by atoms with Gasteiger partial charge in [-0.3, -0.25) is 9.55 Å². The van der Waals surface area contributed by atoms with Gasteiger partial charge in [0.1, 0.15) is 0 Å². The number of halogens is 1. The molecule has 1 aliphatic rings. The van der Waals surface area contributed by atoms with Gasteiger partial charge in [0.25, 0.3) is 0 Å². The third-order valence-electron chi connectivity index (χ3n) is 5.57. The molecule has 0 unspecified atom stereocenters. The van der Waals surface area contributed by atoms with Crippen LogP contribution >= 0.6 is 11.8 Å². The second-order valence-electron chi connectivity index (χ2n) is 7.50. The van der Waals surface area contributed by atoms with Crippen molar-refractivity contribution in [2.45, 2.75) is 49.6 Å². The minimum absolute atomic E-state index is 0.261. The maximum Gasteiger partial charge on any atom is 0.192 e. The van der Waals surface area contributed by atoms with Crippen LogP contribution in [0.3, 0.4) is 0 Å². The lowest BCUT2D eigenvalue weighted by Gasteiger charge is -2.31. The monoisotopic (exact) mass is 412 g/mol. The number of aromatic nitrogens is 4. The first-order valence-corrected chi connectivity index (χ1v) is 11.0. The molecule has 7 heteroatoms. The predicted octanol–water partition coefficient (Wildman–Crippen LogP) is 5.53. The zero-order chi connectivity index (χ0) is 20.2. The lowest BCUT2D eigenvalue weighted by atomic mass is 9.85. The fourth-order valence-corrected chi connectivity index (χ4v) is 4.93. The molecule has 2 aromatic heterocycles. The van der Waals surface area contributed by atoms with E-state index in [1.54, 1.807) is 24.0 Å². The third kappa shape index (κ3) is 4.29. The standard InChI is InChI=1S/C22H25FN4OS/c1-15-6-3-4-8-19(15)27-21(17-7-5-11-24-13-17)25-26-22(27)29-14-16-9-10-20(28-2)18(23)12-16/h5,7,9-13,15,19H,3-4,6,8,14H2,1-2H3/t15-,19-/m1/s1. The SMILES string of the molecule is COc1ccc(CSc2nnc(-c3cccnc3)n2[C@@H]2CCCC[C@H]2C)cc1F. The van der Waals surface area contributed by atoms with Crippen LogP contribution in [0.5, 0.6) is 5.75 Å². The van der Waals surface area contributed by atoms with Crippen LogP contribution in [-0.2, 0) is 5.75 Å². The summed E-state index contributed by atoms with van der Waals surface area (Å²) in [5, 5.41) is 9.89. The van der Waals surface area contributed by atoms with E-state index in [2.05, 4.69) is 26.7 Å². The van der Waals surface area contributed by atoms with E-state index < -0.39 is 0 Å². The van der Waals surface area contributed by atoms with Crippen molar-refractivity contribution < 1.29 is 9.13 Å². The molecule has 1 fully saturated rings. The van der Waals surface area contributed by atoms with Crippen molar-refractivity contribution in [2.75, 3.05) is 7.11 Å². The lowest BCUT2D eigenvalue weighted by molar-refractivity contribution is 0.247. The molecule has 2 atom stereocenters. The van der Waals surface area contributed by atoms with Crippen molar-refractivity contribution >= 4 is 11.8 Å². The Morgan fingerprint density at radius 1 is 1.21 bits per heavy atom. The maximum atomic E-state index is 14.0. The van der Waals surface area contributed by atoms with Gasteiger partial charge in [-0.1, -0.05) is 37.6 Å². The number of nitrogens with zero attached hydrogens (tertiary/aromatic N) is 4. The summed E-state index contributed by atoms with van der Waals surface area (Å²) in [5.74, 6) is 1.96. The summed E-state index contributed by atoms with van der Waals surface area (Å²) >= 11 is 1.59. The molecule has 0 N–H and O–H groups in total. The van der Waals surface area contributed by atoms with Crippen molar-refractivity contribution in [1.82, 2.24) is 19.7 Å². The summed E-state index contributed by atoms with van der Waals surface area (Å²) in [5.41, 5.74) is 1.86. The molecule has 5 nitrogen and oxygen atoms in total. The van der Waals surface area contributed by atoms with Crippen LogP contribution in [-0.4, -0.2) is 26.9 Å². The number of pyridine rings is 1. The smallest absolute Gasteiger partial charge is 0.192 e. The number of benzene rings is 1. The minimum atomic E-state index is -0.344. The van der Waals surface area contributed by atoms with Gasteiger partial charge in [0.05, 0.1) is 7.11 Å². The summed E-state index contributed by atoms with van der Waals surface area (Å²) in [6, 6.07) is 9.39. The fourth-order valence-electron chi connectivity index (χ4n) is 3.99. The van der Waals surface area contributed by atoms with E-state index in [0.29, 0.717) is 17.7 Å². The van der Waals surface area contributed by atoms with Crippen LogP contribution in [0.1, 0.15) is 44.2 Å². The van der Waals surface area contributed by atoms with Crippen LogP contribution in [0.15, 0.2) is 47.9 Å². The van der Waals surface area contributed by atoms with Crippen molar-refractivity contribution in [1.29, 1.82) is 0 Å². The highest BCUT2D eigenvalue weighted by Crippen LogP contribution is 2.39. The molecular weight excluding hydrogens is 387 g/mol.